The van der Waals surface area contributed by atoms with Gasteiger partial charge >= 0.3 is 11.9 Å². The maximum Gasteiger partial charge on any atom is 0.306 e. The molecule has 0 heterocycles. The molecule has 0 radical (unpaired) electrons. The highest BCUT2D eigenvalue weighted by molar-refractivity contribution is 7.45. The number of unbranched alkanes of at least 4 members (excludes halogenated alkanes) is 24. The van der Waals surface area contributed by atoms with Crippen molar-refractivity contribution < 1.29 is 42.1 Å². The number of esters is 2. The molecule has 0 aliphatic heterocycles. The van der Waals surface area contributed by atoms with Gasteiger partial charge in [-0.15, -0.1) is 0 Å². The first-order chi connectivity index (χ1) is 28.5. The zero-order valence-corrected chi connectivity index (χ0v) is 39.8. The Morgan fingerprint density at radius 1 is 0.525 bits per heavy atom. The number of allylic oxidation sites excluding steroid dienone is 6. The van der Waals surface area contributed by atoms with E-state index in [9.17, 15) is 19.0 Å². The van der Waals surface area contributed by atoms with E-state index in [2.05, 4.69) is 50.3 Å². The van der Waals surface area contributed by atoms with Crippen LogP contribution in [0.3, 0.4) is 0 Å². The molecule has 0 spiro atoms. The molecule has 0 aliphatic carbocycles. The van der Waals surface area contributed by atoms with Crippen molar-refractivity contribution in [2.75, 3.05) is 47.5 Å². The molecule has 1 unspecified atom stereocenters. The predicted molar refractivity (Wildman–Crippen MR) is 245 cm³/mol. The van der Waals surface area contributed by atoms with Gasteiger partial charge in [0.05, 0.1) is 27.7 Å². The number of quaternary nitrogens is 1. The van der Waals surface area contributed by atoms with Crippen LogP contribution < -0.4 is 4.89 Å². The van der Waals surface area contributed by atoms with Crippen molar-refractivity contribution in [3.05, 3.63) is 36.5 Å². The quantitative estimate of drug-likeness (QED) is 0.0196. The molecule has 0 aromatic rings. The van der Waals surface area contributed by atoms with E-state index in [1.165, 1.54) is 135 Å². The number of carbonyl (C=O) groups is 2. The smallest absolute Gasteiger partial charge is 0.306 e. The van der Waals surface area contributed by atoms with Crippen LogP contribution in [0.15, 0.2) is 36.5 Å². The fourth-order valence-corrected chi connectivity index (χ4v) is 7.34. The van der Waals surface area contributed by atoms with Gasteiger partial charge in [-0.1, -0.05) is 192 Å². The molecule has 9 nitrogen and oxygen atoms in total. The summed E-state index contributed by atoms with van der Waals surface area (Å²) >= 11 is 0. The van der Waals surface area contributed by atoms with Crippen molar-refractivity contribution in [1.29, 1.82) is 0 Å². The first kappa shape index (κ1) is 57.2. The number of likely N-dealkylation sites (N-methyl/N-ethyl adjacent to an activating group) is 1. The van der Waals surface area contributed by atoms with Gasteiger partial charge in [-0.2, -0.15) is 0 Å². The summed E-state index contributed by atoms with van der Waals surface area (Å²) in [5, 5.41) is 0. The maximum absolute atomic E-state index is 12.7. The number of carbonyl (C=O) groups excluding carboxylic acids is 2. The zero-order valence-electron chi connectivity index (χ0n) is 39.0. The van der Waals surface area contributed by atoms with Crippen LogP contribution in [-0.2, 0) is 32.7 Å². The van der Waals surface area contributed by atoms with Crippen LogP contribution in [0.4, 0.5) is 0 Å². The molecule has 0 bridgehead atoms. The summed E-state index contributed by atoms with van der Waals surface area (Å²) in [4.78, 5) is 37.6. The predicted octanol–water partition coefficient (Wildman–Crippen LogP) is 13.5. The third-order valence-corrected chi connectivity index (χ3v) is 11.4. The first-order valence-electron chi connectivity index (χ1n) is 24.2. The van der Waals surface area contributed by atoms with E-state index < -0.39 is 32.5 Å². The van der Waals surface area contributed by atoms with Gasteiger partial charge in [0.15, 0.2) is 6.10 Å². The van der Waals surface area contributed by atoms with Gasteiger partial charge < -0.3 is 27.9 Å². The number of ether oxygens (including phenoxy) is 2. The molecule has 0 aliphatic rings. The van der Waals surface area contributed by atoms with Gasteiger partial charge in [-0.25, -0.2) is 0 Å². The van der Waals surface area contributed by atoms with Gasteiger partial charge in [0.1, 0.15) is 19.8 Å². The Labute approximate surface area is 363 Å². The van der Waals surface area contributed by atoms with Crippen molar-refractivity contribution in [1.82, 2.24) is 0 Å². The second-order valence-electron chi connectivity index (χ2n) is 17.5. The van der Waals surface area contributed by atoms with Crippen LogP contribution in [-0.4, -0.2) is 70.0 Å². The van der Waals surface area contributed by atoms with E-state index in [1.807, 2.05) is 21.1 Å². The van der Waals surface area contributed by atoms with Gasteiger partial charge in [0.2, 0.25) is 0 Å². The highest BCUT2D eigenvalue weighted by Gasteiger charge is 2.21. The summed E-state index contributed by atoms with van der Waals surface area (Å²) < 4.78 is 33.9. The lowest BCUT2D eigenvalue weighted by Crippen LogP contribution is -2.37. The van der Waals surface area contributed by atoms with E-state index >= 15 is 0 Å². The van der Waals surface area contributed by atoms with Crippen LogP contribution in [0.2, 0.25) is 0 Å². The van der Waals surface area contributed by atoms with Gasteiger partial charge in [0, 0.05) is 12.8 Å². The largest absolute Gasteiger partial charge is 0.756 e. The highest BCUT2D eigenvalue weighted by Crippen LogP contribution is 2.38. The Bertz CT molecular complexity index is 1100. The van der Waals surface area contributed by atoms with Crippen molar-refractivity contribution in [2.24, 2.45) is 0 Å². The van der Waals surface area contributed by atoms with Crippen LogP contribution in [0.5, 0.6) is 0 Å². The molecule has 346 valence electrons. The zero-order chi connectivity index (χ0) is 43.6. The Kier molecular flexibility index (Phi) is 40.3. The monoisotopic (exact) mass is 854 g/mol. The van der Waals surface area contributed by atoms with Gasteiger partial charge in [-0.3, -0.25) is 14.2 Å². The fraction of sp³-hybridized carbons (Fsp3) is 0.837. The molecule has 0 fully saturated rings. The highest BCUT2D eigenvalue weighted by atomic mass is 31.2. The SMILES string of the molecule is CCCCCCCC/C=C/C/C=C/C/C=C/CCCC(=O)O[C@H](COC(=O)CCCCCCCCCCCCCCCCCCCC)COP(=O)([O-])OCC[N+](C)(C)C. The molecule has 0 N–H and O–H groups in total. The van der Waals surface area contributed by atoms with Crippen LogP contribution >= 0.6 is 7.82 Å². The molecule has 10 heteroatoms. The number of phosphoric acid groups is 1. The Hall–Kier alpha value is -1.77. The molecule has 59 heavy (non-hydrogen) atoms. The molecule has 0 aromatic heterocycles. The number of nitrogens with zero attached hydrogens (tertiary/aromatic N) is 1. The summed E-state index contributed by atoms with van der Waals surface area (Å²) in [7, 11) is 1.14. The van der Waals surface area contributed by atoms with Crippen LogP contribution in [0, 0.1) is 0 Å². The topological polar surface area (TPSA) is 111 Å². The Morgan fingerprint density at radius 2 is 0.932 bits per heavy atom. The minimum atomic E-state index is -4.64. The molecule has 2 atom stereocenters. The van der Waals surface area contributed by atoms with E-state index in [1.54, 1.807) is 0 Å². The number of hydrogen-bond acceptors (Lipinski definition) is 8. The van der Waals surface area contributed by atoms with E-state index in [0.29, 0.717) is 23.9 Å². The molecular formula is C49H92NO8P. The summed E-state index contributed by atoms with van der Waals surface area (Å²) in [6, 6.07) is 0. The summed E-state index contributed by atoms with van der Waals surface area (Å²) in [5.74, 6) is -0.888. The molecule has 0 amide bonds. The van der Waals surface area contributed by atoms with Crippen molar-refractivity contribution in [3.63, 3.8) is 0 Å². The summed E-state index contributed by atoms with van der Waals surface area (Å²) in [5.41, 5.74) is 0. The fourth-order valence-electron chi connectivity index (χ4n) is 6.61. The molecule has 0 aromatic carbocycles. The number of phosphoric ester groups is 1. The lowest BCUT2D eigenvalue weighted by molar-refractivity contribution is -0.870. The van der Waals surface area contributed by atoms with Crippen LogP contribution in [0.1, 0.15) is 213 Å². The third kappa shape index (κ3) is 45.6. The third-order valence-electron chi connectivity index (χ3n) is 10.4. The maximum atomic E-state index is 12.7. The van der Waals surface area contributed by atoms with Gasteiger partial charge in [-0.05, 0) is 44.9 Å². The van der Waals surface area contributed by atoms with Crippen molar-refractivity contribution in [2.45, 2.75) is 219 Å². The van der Waals surface area contributed by atoms with E-state index in [0.717, 1.165) is 38.5 Å². The molecule has 0 saturated heterocycles. The second-order valence-corrected chi connectivity index (χ2v) is 18.9. The summed E-state index contributed by atoms with van der Waals surface area (Å²) in [6.45, 7) is 4.19. The Morgan fingerprint density at radius 3 is 1.41 bits per heavy atom. The van der Waals surface area contributed by atoms with E-state index in [-0.39, 0.29) is 26.1 Å². The summed E-state index contributed by atoms with van der Waals surface area (Å²) in [6.07, 6.45) is 47.5. The first-order valence-corrected chi connectivity index (χ1v) is 25.7. The lowest BCUT2D eigenvalue weighted by atomic mass is 10.0. The second kappa shape index (κ2) is 41.6. The lowest BCUT2D eigenvalue weighted by Gasteiger charge is -2.28. The van der Waals surface area contributed by atoms with Crippen molar-refractivity contribution >= 4 is 19.8 Å². The van der Waals surface area contributed by atoms with Gasteiger partial charge in [0.25, 0.3) is 7.82 Å². The van der Waals surface area contributed by atoms with Crippen molar-refractivity contribution in [3.8, 4) is 0 Å². The van der Waals surface area contributed by atoms with Crippen LogP contribution in [0.25, 0.3) is 0 Å². The molecule has 0 rings (SSSR count). The molecule has 0 saturated carbocycles. The van der Waals surface area contributed by atoms with E-state index in [4.69, 9.17) is 18.5 Å². The minimum Gasteiger partial charge on any atom is -0.756 e. The average molecular weight is 854 g/mol. The standard InChI is InChI=1S/C49H92NO8P/c1-6-8-10-12-14-16-18-20-22-24-26-27-29-31-33-35-37-39-41-48(51)55-45-47(46-57-59(53,54)56-44-43-50(3,4)5)58-49(52)42-40-38-36-34-32-30-28-25-23-21-19-17-15-13-11-9-7-2/h21,23,28,30,34,36,47H,6-20,22,24-27,29,31-33,35,37-46H2,1-5H3/b23-21+,30-28+,36-34+/t47-/m1/s1. The number of rotatable bonds is 44. The minimum absolute atomic E-state index is 0.0389. The normalized spacial score (nSPS) is 13.8. The number of hydrogen-bond donors (Lipinski definition) is 0. The molecular weight excluding hydrogens is 762 g/mol. The average Bonchev–Trinajstić information content (AvgIpc) is 3.19. The Balaban J connectivity index is 4.35.